The Morgan fingerprint density at radius 1 is 0.958 bits per heavy atom. The van der Waals surface area contributed by atoms with Gasteiger partial charge in [0.05, 0.1) is 33.4 Å². The molecule has 126 valence electrons. The summed E-state index contributed by atoms with van der Waals surface area (Å²) in [4.78, 5) is 24.4. The standard InChI is InChI=1S/C18H18O5S/c1-3-22-17(19)13-9-11-14(12-10-13)23-18(20)15-7-5-6-8-16(15)24(21)4-2/h5-12H,3-4H2,1-2H3/t24-/m1/s1. The number of carbonyl (C=O) groups excluding carboxylic acids is 2. The van der Waals surface area contributed by atoms with E-state index < -0.39 is 22.7 Å². The summed E-state index contributed by atoms with van der Waals surface area (Å²) in [6.07, 6.45) is 0. The number of esters is 2. The molecule has 24 heavy (non-hydrogen) atoms. The van der Waals surface area contributed by atoms with Crippen molar-refractivity contribution in [1.82, 2.24) is 0 Å². The van der Waals surface area contributed by atoms with Crippen LogP contribution in [0.3, 0.4) is 0 Å². The molecule has 5 nitrogen and oxygen atoms in total. The van der Waals surface area contributed by atoms with Crippen molar-refractivity contribution >= 4 is 22.7 Å². The van der Waals surface area contributed by atoms with Gasteiger partial charge >= 0.3 is 11.9 Å². The van der Waals surface area contributed by atoms with Gasteiger partial charge in [-0.05, 0) is 43.3 Å². The molecule has 0 heterocycles. The maximum atomic E-state index is 12.3. The third-order valence-corrected chi connectivity index (χ3v) is 4.56. The van der Waals surface area contributed by atoms with Crippen molar-refractivity contribution < 1.29 is 23.3 Å². The Kier molecular flexibility index (Phi) is 6.26. The van der Waals surface area contributed by atoms with Crippen LogP contribution in [0.15, 0.2) is 53.4 Å². The Bertz CT molecular complexity index is 752. The highest BCUT2D eigenvalue weighted by atomic mass is 32.2. The van der Waals surface area contributed by atoms with E-state index in [2.05, 4.69) is 0 Å². The summed E-state index contributed by atoms with van der Waals surface area (Å²) in [6.45, 7) is 3.80. The largest absolute Gasteiger partial charge is 0.462 e. The Hall–Kier alpha value is -2.47. The molecule has 0 aliphatic rings. The van der Waals surface area contributed by atoms with Gasteiger partial charge in [0, 0.05) is 5.75 Å². The number of rotatable bonds is 6. The molecule has 2 aromatic rings. The topological polar surface area (TPSA) is 69.7 Å². The molecule has 6 heteroatoms. The van der Waals surface area contributed by atoms with E-state index in [0.29, 0.717) is 28.6 Å². The summed E-state index contributed by atoms with van der Waals surface area (Å²) in [7, 11) is -1.25. The van der Waals surface area contributed by atoms with Gasteiger partial charge in [0.15, 0.2) is 0 Å². The predicted octanol–water partition coefficient (Wildman–Crippen LogP) is 3.21. The molecule has 0 aliphatic carbocycles. The van der Waals surface area contributed by atoms with Gasteiger partial charge in [-0.2, -0.15) is 0 Å². The summed E-state index contributed by atoms with van der Waals surface area (Å²) in [6, 6.07) is 12.7. The monoisotopic (exact) mass is 346 g/mol. The lowest BCUT2D eigenvalue weighted by atomic mass is 10.2. The first kappa shape index (κ1) is 17.9. The quantitative estimate of drug-likeness (QED) is 0.593. The second-order valence-corrected chi connectivity index (χ2v) is 6.47. The number of hydrogen-bond donors (Lipinski definition) is 0. The number of carbonyl (C=O) groups is 2. The van der Waals surface area contributed by atoms with Gasteiger partial charge in [-0.1, -0.05) is 19.1 Å². The Labute approximate surface area is 143 Å². The SMILES string of the molecule is CCOC(=O)c1ccc(OC(=O)c2ccccc2[S@](=O)CC)cc1. The average molecular weight is 346 g/mol. The second kappa shape index (κ2) is 8.40. The molecular weight excluding hydrogens is 328 g/mol. The molecule has 1 atom stereocenters. The minimum atomic E-state index is -1.25. The van der Waals surface area contributed by atoms with Gasteiger partial charge in [0.1, 0.15) is 5.75 Å². The zero-order valence-electron chi connectivity index (χ0n) is 13.5. The van der Waals surface area contributed by atoms with Crippen molar-refractivity contribution in [3.63, 3.8) is 0 Å². The highest BCUT2D eigenvalue weighted by molar-refractivity contribution is 7.85. The molecule has 0 fully saturated rings. The van der Waals surface area contributed by atoms with Gasteiger partial charge in [-0.25, -0.2) is 9.59 Å². The maximum absolute atomic E-state index is 12.3. The molecular formula is C18H18O5S. The van der Waals surface area contributed by atoms with Crippen LogP contribution >= 0.6 is 0 Å². The van der Waals surface area contributed by atoms with Gasteiger partial charge < -0.3 is 9.47 Å². The Morgan fingerprint density at radius 2 is 1.62 bits per heavy atom. The molecule has 2 aromatic carbocycles. The van der Waals surface area contributed by atoms with Crippen molar-refractivity contribution in [2.45, 2.75) is 18.7 Å². The van der Waals surface area contributed by atoms with Crippen LogP contribution in [0.4, 0.5) is 0 Å². The van der Waals surface area contributed by atoms with E-state index in [-0.39, 0.29) is 5.56 Å². The number of benzene rings is 2. The molecule has 0 radical (unpaired) electrons. The predicted molar refractivity (Wildman–Crippen MR) is 90.7 cm³/mol. The molecule has 0 spiro atoms. The van der Waals surface area contributed by atoms with Gasteiger partial charge in [-0.3, -0.25) is 4.21 Å². The number of hydrogen-bond acceptors (Lipinski definition) is 5. The summed E-state index contributed by atoms with van der Waals surface area (Å²) < 4.78 is 22.2. The highest BCUT2D eigenvalue weighted by Gasteiger charge is 2.17. The van der Waals surface area contributed by atoms with Crippen LogP contribution in [-0.4, -0.2) is 28.5 Å². The van der Waals surface area contributed by atoms with E-state index in [0.717, 1.165) is 0 Å². The van der Waals surface area contributed by atoms with Crippen molar-refractivity contribution in [3.05, 3.63) is 59.7 Å². The van der Waals surface area contributed by atoms with Crippen LogP contribution in [0.1, 0.15) is 34.6 Å². The van der Waals surface area contributed by atoms with E-state index in [9.17, 15) is 13.8 Å². The van der Waals surface area contributed by atoms with Crippen molar-refractivity contribution in [3.8, 4) is 5.75 Å². The van der Waals surface area contributed by atoms with Gasteiger partial charge in [-0.15, -0.1) is 0 Å². The molecule has 0 saturated carbocycles. The second-order valence-electron chi connectivity index (χ2n) is 4.76. The van der Waals surface area contributed by atoms with Crippen molar-refractivity contribution in [2.75, 3.05) is 12.4 Å². The number of ether oxygens (including phenoxy) is 2. The smallest absolute Gasteiger partial charge is 0.344 e. The fourth-order valence-electron chi connectivity index (χ4n) is 2.02. The summed E-state index contributed by atoms with van der Waals surface area (Å²) in [5.41, 5.74) is 0.649. The lowest BCUT2D eigenvalue weighted by Crippen LogP contribution is -2.13. The first-order valence-electron chi connectivity index (χ1n) is 7.53. The summed E-state index contributed by atoms with van der Waals surface area (Å²) in [5.74, 6) is -0.307. The fourth-order valence-corrected chi connectivity index (χ4v) is 2.96. The molecule has 0 saturated heterocycles. The van der Waals surface area contributed by atoms with E-state index in [4.69, 9.17) is 9.47 Å². The molecule has 0 bridgehead atoms. The summed E-state index contributed by atoms with van der Waals surface area (Å²) in [5, 5.41) is 0. The van der Waals surface area contributed by atoms with Crippen LogP contribution < -0.4 is 4.74 Å². The van der Waals surface area contributed by atoms with E-state index in [1.807, 2.05) is 0 Å². The molecule has 0 unspecified atom stereocenters. The first-order chi connectivity index (χ1) is 11.6. The minimum Gasteiger partial charge on any atom is -0.462 e. The lowest BCUT2D eigenvalue weighted by Gasteiger charge is -2.09. The Morgan fingerprint density at radius 3 is 2.25 bits per heavy atom. The first-order valence-corrected chi connectivity index (χ1v) is 8.85. The van der Waals surface area contributed by atoms with Crippen LogP contribution in [0.2, 0.25) is 0 Å². The molecule has 0 aromatic heterocycles. The molecule has 0 amide bonds. The molecule has 0 N–H and O–H groups in total. The van der Waals surface area contributed by atoms with Gasteiger partial charge in [0.2, 0.25) is 0 Å². The third-order valence-electron chi connectivity index (χ3n) is 3.19. The molecule has 0 aliphatic heterocycles. The highest BCUT2D eigenvalue weighted by Crippen LogP contribution is 2.19. The van der Waals surface area contributed by atoms with Gasteiger partial charge in [0.25, 0.3) is 0 Å². The zero-order chi connectivity index (χ0) is 17.5. The van der Waals surface area contributed by atoms with Crippen LogP contribution in [0.5, 0.6) is 5.75 Å². The zero-order valence-corrected chi connectivity index (χ0v) is 14.3. The lowest BCUT2D eigenvalue weighted by molar-refractivity contribution is 0.0526. The summed E-state index contributed by atoms with van der Waals surface area (Å²) >= 11 is 0. The van der Waals surface area contributed by atoms with Crippen LogP contribution in [0, 0.1) is 0 Å². The Balaban J connectivity index is 2.16. The van der Waals surface area contributed by atoms with Crippen LogP contribution in [0.25, 0.3) is 0 Å². The average Bonchev–Trinajstić information content (AvgIpc) is 2.61. The van der Waals surface area contributed by atoms with Crippen molar-refractivity contribution in [1.29, 1.82) is 0 Å². The van der Waals surface area contributed by atoms with E-state index in [1.54, 1.807) is 38.1 Å². The normalized spacial score (nSPS) is 11.6. The van der Waals surface area contributed by atoms with E-state index >= 15 is 0 Å². The van der Waals surface area contributed by atoms with Crippen LogP contribution in [-0.2, 0) is 15.5 Å². The fraction of sp³-hybridized carbons (Fsp3) is 0.222. The van der Waals surface area contributed by atoms with Crippen molar-refractivity contribution in [2.24, 2.45) is 0 Å². The van der Waals surface area contributed by atoms with E-state index in [1.165, 1.54) is 24.3 Å². The minimum absolute atomic E-state index is 0.271. The molecule has 2 rings (SSSR count). The maximum Gasteiger partial charge on any atom is 0.344 e. The third kappa shape index (κ3) is 4.29.